The molecule has 3 atom stereocenters. The monoisotopic (exact) mass is 572 g/mol. The largest absolute Gasteiger partial charge is 0.444 e. The fourth-order valence-corrected chi connectivity index (χ4v) is 4.95. The summed E-state index contributed by atoms with van der Waals surface area (Å²) in [6.45, 7) is 8.87. The van der Waals surface area contributed by atoms with Crippen molar-refractivity contribution in [1.29, 1.82) is 0 Å². The summed E-state index contributed by atoms with van der Waals surface area (Å²) in [5.74, 6) is -1.56. The van der Waals surface area contributed by atoms with Crippen molar-refractivity contribution < 1.29 is 40.7 Å². The Kier molecular flexibility index (Phi) is 8.86. The molecular weight excluding hydrogens is 538 g/mol. The average Bonchev–Trinajstić information content (AvgIpc) is 2.85. The lowest BCUT2D eigenvalue weighted by atomic mass is 9.78. The van der Waals surface area contributed by atoms with Gasteiger partial charge in [-0.1, -0.05) is 24.3 Å². The minimum atomic E-state index is -5.00. The molecule has 0 spiro atoms. The summed E-state index contributed by atoms with van der Waals surface area (Å²) in [6.07, 6.45) is -10.3. The van der Waals surface area contributed by atoms with Gasteiger partial charge >= 0.3 is 18.4 Å². The molecule has 2 aromatic rings. The number of benzene rings is 2. The molecule has 0 aliphatic carbocycles. The lowest BCUT2D eigenvalue weighted by Gasteiger charge is -2.41. The predicted octanol–water partition coefficient (Wildman–Crippen LogP) is 7.59. The molecule has 220 valence electrons. The van der Waals surface area contributed by atoms with Crippen LogP contribution in [0.2, 0.25) is 0 Å². The number of rotatable bonds is 4. The molecule has 3 unspecified atom stereocenters. The molecule has 5 nitrogen and oxygen atoms in total. The zero-order valence-corrected chi connectivity index (χ0v) is 23.3. The highest BCUT2D eigenvalue weighted by Gasteiger charge is 2.41. The number of aryl methyl sites for hydroxylation is 1. The highest BCUT2D eigenvalue weighted by molar-refractivity contribution is 5.81. The molecule has 0 radical (unpaired) electrons. The van der Waals surface area contributed by atoms with E-state index in [2.05, 4.69) is 0 Å². The number of nitrogens with zero attached hydrogens (tertiary/aromatic N) is 2. The van der Waals surface area contributed by atoms with Crippen molar-refractivity contribution in [3.63, 3.8) is 0 Å². The van der Waals surface area contributed by atoms with Crippen LogP contribution in [0.15, 0.2) is 42.5 Å². The van der Waals surface area contributed by atoms with Crippen molar-refractivity contribution in [1.82, 2.24) is 9.80 Å². The first-order chi connectivity index (χ1) is 18.3. The van der Waals surface area contributed by atoms with E-state index in [1.54, 1.807) is 20.8 Å². The van der Waals surface area contributed by atoms with Gasteiger partial charge in [-0.05, 0) is 75.9 Å². The van der Waals surface area contributed by atoms with Crippen LogP contribution in [0.3, 0.4) is 0 Å². The van der Waals surface area contributed by atoms with E-state index in [0.717, 1.165) is 11.1 Å². The lowest BCUT2D eigenvalue weighted by molar-refractivity contribution is -0.143. The van der Waals surface area contributed by atoms with E-state index < -0.39 is 59.0 Å². The Balaban J connectivity index is 1.95. The number of ether oxygens (including phenoxy) is 1. The highest BCUT2D eigenvalue weighted by Crippen LogP contribution is 2.40. The number of alkyl halides is 6. The van der Waals surface area contributed by atoms with Gasteiger partial charge in [-0.25, -0.2) is 4.79 Å². The van der Waals surface area contributed by atoms with Crippen molar-refractivity contribution in [3.05, 3.63) is 70.3 Å². The summed E-state index contributed by atoms with van der Waals surface area (Å²) in [7, 11) is 1.37. The third kappa shape index (κ3) is 7.28. The topological polar surface area (TPSA) is 49.9 Å². The summed E-state index contributed by atoms with van der Waals surface area (Å²) >= 11 is 0. The molecule has 1 heterocycles. The molecule has 0 aromatic heterocycles. The Morgan fingerprint density at radius 1 is 0.975 bits per heavy atom. The second kappa shape index (κ2) is 11.3. The summed E-state index contributed by atoms with van der Waals surface area (Å²) < 4.78 is 86.2. The summed E-state index contributed by atoms with van der Waals surface area (Å²) in [6, 6.07) is 7.65. The van der Waals surface area contributed by atoms with Gasteiger partial charge in [0.05, 0.1) is 17.2 Å². The van der Waals surface area contributed by atoms with Gasteiger partial charge in [-0.15, -0.1) is 0 Å². The smallest absolute Gasteiger partial charge is 0.416 e. The minimum absolute atomic E-state index is 0.0681. The molecule has 0 N–H and O–H groups in total. The average molecular weight is 573 g/mol. The number of hydrogen-bond donors (Lipinski definition) is 0. The van der Waals surface area contributed by atoms with Crippen LogP contribution in [-0.4, -0.2) is 47.5 Å². The van der Waals surface area contributed by atoms with Crippen molar-refractivity contribution in [3.8, 4) is 0 Å². The van der Waals surface area contributed by atoms with Crippen LogP contribution < -0.4 is 0 Å². The standard InChI is InChI=1S/C29H34F6N2O3/c1-17-9-7-8-10-22(17)24-16-37(26(39)40-27(3,4)5)12-11-23(24)25(38)36(6)18(2)19-13-20(28(30,31)32)15-21(14-19)29(33,34)35/h7-10,13-15,18,23-24H,11-12,16H2,1-6H3. The van der Waals surface area contributed by atoms with Gasteiger partial charge in [-0.3, -0.25) is 4.79 Å². The zero-order valence-electron chi connectivity index (χ0n) is 23.3. The van der Waals surface area contributed by atoms with Gasteiger partial charge in [0, 0.05) is 32.0 Å². The van der Waals surface area contributed by atoms with E-state index in [-0.39, 0.29) is 31.1 Å². The molecule has 1 fully saturated rings. The number of halogens is 6. The zero-order chi connectivity index (χ0) is 30.2. The number of hydrogen-bond acceptors (Lipinski definition) is 3. The number of piperidine rings is 1. The Hall–Kier alpha value is -3.24. The van der Waals surface area contributed by atoms with E-state index in [1.165, 1.54) is 23.8 Å². The SMILES string of the molecule is Cc1ccccc1C1CN(C(=O)OC(C)(C)C)CCC1C(=O)N(C)C(C)c1cc(C(F)(F)F)cc(C(F)(F)F)c1. The molecule has 0 saturated carbocycles. The molecule has 40 heavy (non-hydrogen) atoms. The molecule has 3 rings (SSSR count). The van der Waals surface area contributed by atoms with Gasteiger partial charge in [0.25, 0.3) is 0 Å². The van der Waals surface area contributed by atoms with Crippen molar-refractivity contribution in [2.75, 3.05) is 20.1 Å². The third-order valence-electron chi connectivity index (χ3n) is 7.19. The van der Waals surface area contributed by atoms with Crippen LogP contribution in [0.5, 0.6) is 0 Å². The van der Waals surface area contributed by atoms with Crippen LogP contribution in [0.4, 0.5) is 31.1 Å². The van der Waals surface area contributed by atoms with E-state index >= 15 is 0 Å². The first-order valence-electron chi connectivity index (χ1n) is 12.9. The maximum atomic E-state index is 13.8. The number of carbonyl (C=O) groups excluding carboxylic acids is 2. The van der Waals surface area contributed by atoms with E-state index in [1.807, 2.05) is 31.2 Å². The maximum absolute atomic E-state index is 13.8. The predicted molar refractivity (Wildman–Crippen MR) is 137 cm³/mol. The second-order valence-corrected chi connectivity index (χ2v) is 11.2. The fourth-order valence-electron chi connectivity index (χ4n) is 4.95. The third-order valence-corrected chi connectivity index (χ3v) is 7.19. The van der Waals surface area contributed by atoms with Gasteiger partial charge < -0.3 is 14.5 Å². The van der Waals surface area contributed by atoms with Crippen LogP contribution in [0.1, 0.15) is 73.9 Å². The Morgan fingerprint density at radius 3 is 2.02 bits per heavy atom. The lowest BCUT2D eigenvalue weighted by Crippen LogP contribution is -2.49. The van der Waals surface area contributed by atoms with Crippen LogP contribution >= 0.6 is 0 Å². The van der Waals surface area contributed by atoms with Gasteiger partial charge in [0.15, 0.2) is 0 Å². The molecule has 11 heteroatoms. The molecule has 1 saturated heterocycles. The highest BCUT2D eigenvalue weighted by atomic mass is 19.4. The van der Waals surface area contributed by atoms with E-state index in [4.69, 9.17) is 4.74 Å². The molecule has 0 bridgehead atoms. The van der Waals surface area contributed by atoms with E-state index in [9.17, 15) is 35.9 Å². The van der Waals surface area contributed by atoms with Gasteiger partial charge in [0.1, 0.15) is 5.60 Å². The first kappa shape index (κ1) is 31.3. The Labute approximate surface area is 230 Å². The Bertz CT molecular complexity index is 1200. The molecular formula is C29H34F6N2O3. The van der Waals surface area contributed by atoms with Crippen LogP contribution in [0.25, 0.3) is 0 Å². The summed E-state index contributed by atoms with van der Waals surface area (Å²) in [5, 5.41) is 0. The van der Waals surface area contributed by atoms with Gasteiger partial charge in [0.2, 0.25) is 5.91 Å². The summed E-state index contributed by atoms with van der Waals surface area (Å²) in [5.41, 5.74) is -2.16. The second-order valence-electron chi connectivity index (χ2n) is 11.2. The quantitative estimate of drug-likeness (QED) is 0.355. The fraction of sp³-hybridized carbons (Fsp3) is 0.517. The van der Waals surface area contributed by atoms with Crippen LogP contribution in [-0.2, 0) is 21.9 Å². The van der Waals surface area contributed by atoms with E-state index in [0.29, 0.717) is 12.1 Å². The normalized spacial score (nSPS) is 19.2. The maximum Gasteiger partial charge on any atom is 0.416 e. The number of likely N-dealkylation sites (tertiary alicyclic amines) is 1. The minimum Gasteiger partial charge on any atom is -0.444 e. The van der Waals surface area contributed by atoms with Crippen molar-refractivity contribution >= 4 is 12.0 Å². The first-order valence-corrected chi connectivity index (χ1v) is 12.9. The van der Waals surface area contributed by atoms with Crippen molar-refractivity contribution in [2.24, 2.45) is 5.92 Å². The van der Waals surface area contributed by atoms with Crippen LogP contribution in [0, 0.1) is 12.8 Å². The molecule has 1 aliphatic rings. The Morgan fingerprint density at radius 2 is 1.52 bits per heavy atom. The molecule has 2 amide bonds. The number of amides is 2. The number of carbonyl (C=O) groups is 2. The summed E-state index contributed by atoms with van der Waals surface area (Å²) in [4.78, 5) is 29.4. The molecule has 2 aromatic carbocycles. The van der Waals surface area contributed by atoms with Crippen molar-refractivity contribution in [2.45, 2.75) is 71.0 Å². The van der Waals surface area contributed by atoms with Gasteiger partial charge in [-0.2, -0.15) is 26.3 Å². The molecule has 1 aliphatic heterocycles.